The van der Waals surface area contributed by atoms with Crippen molar-refractivity contribution in [3.63, 3.8) is 0 Å². The fraction of sp³-hybridized carbons (Fsp3) is 0.929. The van der Waals surface area contributed by atoms with Gasteiger partial charge in [0.25, 0.3) is 5.54 Å². The zero-order valence-electron chi connectivity index (χ0n) is 14.1. The van der Waals surface area contributed by atoms with Gasteiger partial charge in [0, 0.05) is 26.1 Å². The van der Waals surface area contributed by atoms with Crippen molar-refractivity contribution in [2.24, 2.45) is 5.41 Å². The van der Waals surface area contributed by atoms with Gasteiger partial charge < -0.3 is 18.9 Å². The molecule has 1 aliphatic heterocycles. The Labute approximate surface area is 130 Å². The Morgan fingerprint density at radius 1 is 1.23 bits per heavy atom. The van der Waals surface area contributed by atoms with E-state index in [-0.39, 0.29) is 0 Å². The van der Waals surface area contributed by atoms with E-state index < -0.39 is 46.4 Å². The highest BCUT2D eigenvalue weighted by atomic mass is 16.7. The molecule has 5 atom stereocenters. The lowest BCUT2D eigenvalue weighted by Crippen LogP contribution is -2.69. The molecule has 0 aromatic heterocycles. The maximum absolute atomic E-state index is 12.2. The molecule has 0 radical (unpaired) electrons. The van der Waals surface area contributed by atoms with E-state index in [0.717, 1.165) is 0 Å². The van der Waals surface area contributed by atoms with E-state index in [0.29, 0.717) is 0 Å². The first kappa shape index (κ1) is 18.8. The van der Waals surface area contributed by atoms with E-state index in [9.17, 15) is 14.9 Å². The average molecular weight is 319 g/mol. The van der Waals surface area contributed by atoms with E-state index in [1.807, 2.05) is 0 Å². The normalized spacial score (nSPS) is 36.0. The van der Waals surface area contributed by atoms with Crippen molar-refractivity contribution >= 4 is 5.97 Å². The number of nitro groups is 1. The van der Waals surface area contributed by atoms with Crippen LogP contribution >= 0.6 is 0 Å². The highest BCUT2D eigenvalue weighted by molar-refractivity contribution is 5.75. The van der Waals surface area contributed by atoms with Crippen LogP contribution in [-0.4, -0.2) is 55.3 Å². The molecule has 0 bridgehead atoms. The number of ether oxygens (including phenoxy) is 4. The number of nitrogens with zero attached hydrogens (tertiary/aromatic N) is 1. The van der Waals surface area contributed by atoms with Crippen LogP contribution in [0.2, 0.25) is 0 Å². The summed E-state index contributed by atoms with van der Waals surface area (Å²) in [5.74, 6) is -0.569. The van der Waals surface area contributed by atoms with Crippen LogP contribution in [0.4, 0.5) is 0 Å². The molecule has 8 nitrogen and oxygen atoms in total. The first-order valence-electron chi connectivity index (χ1n) is 7.06. The Kier molecular flexibility index (Phi) is 5.53. The highest BCUT2D eigenvalue weighted by Crippen LogP contribution is 2.37. The molecule has 128 valence electrons. The topological polar surface area (TPSA) is 97.1 Å². The fourth-order valence-corrected chi connectivity index (χ4v) is 2.55. The van der Waals surface area contributed by atoms with Crippen molar-refractivity contribution < 1.29 is 28.7 Å². The van der Waals surface area contributed by atoms with E-state index in [1.54, 1.807) is 27.7 Å². The predicted octanol–water partition coefficient (Wildman–Crippen LogP) is 1.39. The number of methoxy groups -OCH3 is 2. The molecule has 0 unspecified atom stereocenters. The summed E-state index contributed by atoms with van der Waals surface area (Å²) >= 11 is 0. The molecule has 0 amide bonds. The minimum Gasteiger partial charge on any atom is -0.449 e. The van der Waals surface area contributed by atoms with Gasteiger partial charge >= 0.3 is 5.97 Å². The first-order valence-corrected chi connectivity index (χ1v) is 7.06. The minimum atomic E-state index is -1.69. The summed E-state index contributed by atoms with van der Waals surface area (Å²) in [5.41, 5.74) is -2.49. The Morgan fingerprint density at radius 2 is 1.77 bits per heavy atom. The zero-order valence-corrected chi connectivity index (χ0v) is 14.1. The number of carbonyl (C=O) groups is 1. The molecule has 1 heterocycles. The third-order valence-corrected chi connectivity index (χ3v) is 3.90. The third kappa shape index (κ3) is 3.23. The summed E-state index contributed by atoms with van der Waals surface area (Å²) < 4.78 is 21.4. The van der Waals surface area contributed by atoms with Gasteiger partial charge in [0.1, 0.15) is 0 Å². The first-order chi connectivity index (χ1) is 9.99. The van der Waals surface area contributed by atoms with Gasteiger partial charge in [-0.3, -0.25) is 14.9 Å². The number of esters is 1. The molecular weight excluding hydrogens is 294 g/mol. The lowest BCUT2D eigenvalue weighted by Gasteiger charge is -2.45. The molecule has 0 aromatic rings. The molecule has 8 heteroatoms. The van der Waals surface area contributed by atoms with Crippen LogP contribution in [0.3, 0.4) is 0 Å². The van der Waals surface area contributed by atoms with Crippen molar-refractivity contribution in [2.75, 3.05) is 14.2 Å². The lowest BCUT2D eigenvalue weighted by molar-refractivity contribution is -0.608. The number of hydrogen-bond acceptors (Lipinski definition) is 7. The summed E-state index contributed by atoms with van der Waals surface area (Å²) in [5, 5.41) is 11.7. The maximum Gasteiger partial charge on any atom is 0.311 e. The Morgan fingerprint density at radius 3 is 2.14 bits per heavy atom. The molecule has 0 aromatic carbocycles. The summed E-state index contributed by atoms with van der Waals surface area (Å²) in [7, 11) is 2.71. The van der Waals surface area contributed by atoms with Gasteiger partial charge in [-0.05, 0) is 27.7 Å². The van der Waals surface area contributed by atoms with Crippen LogP contribution in [0.5, 0.6) is 0 Å². The van der Waals surface area contributed by atoms with E-state index in [4.69, 9.17) is 18.9 Å². The van der Waals surface area contributed by atoms with Gasteiger partial charge in [0.15, 0.2) is 6.10 Å². The van der Waals surface area contributed by atoms with Crippen LogP contribution in [0.15, 0.2) is 0 Å². The van der Waals surface area contributed by atoms with Gasteiger partial charge in [0.05, 0.1) is 11.5 Å². The van der Waals surface area contributed by atoms with Crippen molar-refractivity contribution in [1.82, 2.24) is 0 Å². The van der Waals surface area contributed by atoms with Crippen molar-refractivity contribution in [2.45, 2.75) is 64.8 Å². The second-order valence-corrected chi connectivity index (χ2v) is 6.66. The quantitative estimate of drug-likeness (QED) is 0.438. The molecule has 1 rings (SSSR count). The molecule has 1 aliphatic rings. The van der Waals surface area contributed by atoms with Crippen molar-refractivity contribution in [3.05, 3.63) is 10.1 Å². The van der Waals surface area contributed by atoms with Crippen molar-refractivity contribution in [3.8, 4) is 0 Å². The smallest absolute Gasteiger partial charge is 0.311 e. The van der Waals surface area contributed by atoms with Gasteiger partial charge in [-0.15, -0.1) is 0 Å². The van der Waals surface area contributed by atoms with Crippen molar-refractivity contribution in [1.29, 1.82) is 0 Å². The molecule has 22 heavy (non-hydrogen) atoms. The summed E-state index contributed by atoms with van der Waals surface area (Å²) in [6, 6.07) is 0. The lowest BCUT2D eigenvalue weighted by atomic mass is 9.82. The molecular formula is C14H25NO7. The highest BCUT2D eigenvalue weighted by Gasteiger charge is 2.64. The van der Waals surface area contributed by atoms with Gasteiger partial charge in [0.2, 0.25) is 12.4 Å². The second-order valence-electron chi connectivity index (χ2n) is 6.66. The largest absolute Gasteiger partial charge is 0.449 e. The Balaban J connectivity index is 3.25. The van der Waals surface area contributed by atoms with Gasteiger partial charge in [-0.2, -0.15) is 0 Å². The zero-order chi connectivity index (χ0) is 17.3. The average Bonchev–Trinajstić information content (AvgIpc) is 2.40. The SMILES string of the molecule is CO[C@@H]1O[C@@H](C)[C@H](OC)[C@](C)([N+](=O)[O-])[C@@H]1OC(=O)C(C)(C)C. The van der Waals surface area contributed by atoms with Crippen LogP contribution in [0, 0.1) is 15.5 Å². The van der Waals surface area contributed by atoms with E-state index in [2.05, 4.69) is 0 Å². The molecule has 0 spiro atoms. The van der Waals surface area contributed by atoms with Crippen LogP contribution in [0.1, 0.15) is 34.6 Å². The monoisotopic (exact) mass is 319 g/mol. The molecule has 1 fully saturated rings. The van der Waals surface area contributed by atoms with Crippen LogP contribution < -0.4 is 0 Å². The van der Waals surface area contributed by atoms with E-state index >= 15 is 0 Å². The Hall–Kier alpha value is -1.25. The summed E-state index contributed by atoms with van der Waals surface area (Å²) in [6.07, 6.45) is -3.73. The molecule has 0 saturated carbocycles. The summed E-state index contributed by atoms with van der Waals surface area (Å²) in [6.45, 7) is 8.04. The van der Waals surface area contributed by atoms with E-state index in [1.165, 1.54) is 21.1 Å². The fourth-order valence-electron chi connectivity index (χ4n) is 2.55. The van der Waals surface area contributed by atoms with Gasteiger partial charge in [-0.25, -0.2) is 0 Å². The number of rotatable bonds is 4. The summed E-state index contributed by atoms with van der Waals surface area (Å²) in [4.78, 5) is 23.4. The maximum atomic E-state index is 12.2. The Bertz CT molecular complexity index is 433. The van der Waals surface area contributed by atoms with Crippen LogP contribution in [-0.2, 0) is 23.7 Å². The molecule has 0 aliphatic carbocycles. The third-order valence-electron chi connectivity index (χ3n) is 3.90. The van der Waals surface area contributed by atoms with Gasteiger partial charge in [-0.1, -0.05) is 0 Å². The van der Waals surface area contributed by atoms with Crippen LogP contribution in [0.25, 0.3) is 0 Å². The molecule has 0 N–H and O–H groups in total. The minimum absolute atomic E-state index is 0.493. The standard InChI is InChI=1S/C14H25NO7/c1-8-9(19-6)14(5,15(17)18)10(11(20-7)21-8)22-12(16)13(2,3)4/h8-11H,1-7H3/t8-,9-,10+,11+,14-/m0/s1. The second kappa shape index (κ2) is 6.47. The molecule has 1 saturated heterocycles. The predicted molar refractivity (Wildman–Crippen MR) is 76.9 cm³/mol. The number of hydrogen-bond donors (Lipinski definition) is 0. The number of carbonyl (C=O) groups excluding carboxylic acids is 1.